The van der Waals surface area contributed by atoms with Crippen LogP contribution in [0.1, 0.15) is 38.5 Å². The number of primary amides is 1. The number of nitrogens with two attached hydrogens (primary N) is 1. The maximum absolute atomic E-state index is 11.2. The van der Waals surface area contributed by atoms with E-state index in [2.05, 4.69) is 15.1 Å². The zero-order valence-electron chi connectivity index (χ0n) is 12.8. The van der Waals surface area contributed by atoms with Crippen molar-refractivity contribution in [1.29, 1.82) is 0 Å². The fraction of sp³-hybridized carbons (Fsp3) is 0.933. The number of hydrogen-bond donors (Lipinski definition) is 2. The molecule has 5 heteroatoms. The summed E-state index contributed by atoms with van der Waals surface area (Å²) in [4.78, 5) is 16.4. The van der Waals surface area contributed by atoms with E-state index in [1.165, 1.54) is 45.2 Å². The Balaban J connectivity index is 1.67. The van der Waals surface area contributed by atoms with Gasteiger partial charge in [0.2, 0.25) is 5.91 Å². The van der Waals surface area contributed by atoms with Crippen molar-refractivity contribution in [3.05, 3.63) is 0 Å². The second kappa shape index (κ2) is 7.96. The number of piperidine rings is 2. The number of carbonyl (C=O) groups is 1. The lowest BCUT2D eigenvalue weighted by Crippen LogP contribution is -2.48. The van der Waals surface area contributed by atoms with Crippen molar-refractivity contribution >= 4 is 5.91 Å². The molecule has 2 heterocycles. The third-order valence-electron chi connectivity index (χ3n) is 4.89. The maximum Gasteiger partial charge on any atom is 0.234 e. The van der Waals surface area contributed by atoms with Crippen LogP contribution in [0, 0.1) is 0 Å². The van der Waals surface area contributed by atoms with Crippen LogP contribution in [0.4, 0.5) is 0 Å². The first-order valence-corrected chi connectivity index (χ1v) is 8.13. The zero-order chi connectivity index (χ0) is 14.4. The topological polar surface area (TPSA) is 61.6 Å². The summed E-state index contributed by atoms with van der Waals surface area (Å²) in [5.41, 5.74) is 5.36. The fourth-order valence-electron chi connectivity index (χ4n) is 3.53. The third kappa shape index (κ3) is 4.43. The van der Waals surface area contributed by atoms with Gasteiger partial charge in [0, 0.05) is 12.6 Å². The second-order valence-corrected chi connectivity index (χ2v) is 6.20. The van der Waals surface area contributed by atoms with Gasteiger partial charge in [-0.15, -0.1) is 0 Å². The highest BCUT2D eigenvalue weighted by molar-refractivity contribution is 5.79. The Morgan fingerprint density at radius 2 is 1.85 bits per heavy atom. The van der Waals surface area contributed by atoms with Crippen LogP contribution in [-0.2, 0) is 4.79 Å². The number of likely N-dealkylation sites (N-methyl/N-ethyl adjacent to an activating group) is 1. The van der Waals surface area contributed by atoms with E-state index in [-0.39, 0.29) is 11.9 Å². The van der Waals surface area contributed by atoms with Gasteiger partial charge in [0.15, 0.2) is 0 Å². The van der Waals surface area contributed by atoms with Crippen LogP contribution in [0.15, 0.2) is 0 Å². The summed E-state index contributed by atoms with van der Waals surface area (Å²) in [5.74, 6) is -0.240. The Bertz CT molecular complexity index is 296. The molecule has 0 saturated carbocycles. The van der Waals surface area contributed by atoms with Gasteiger partial charge in [-0.1, -0.05) is 6.42 Å². The molecule has 20 heavy (non-hydrogen) atoms. The molecule has 2 aliphatic rings. The molecule has 0 bridgehead atoms. The van der Waals surface area contributed by atoms with Crippen molar-refractivity contribution in [3.63, 3.8) is 0 Å². The fourth-order valence-corrected chi connectivity index (χ4v) is 3.53. The quantitative estimate of drug-likeness (QED) is 0.740. The molecule has 2 fully saturated rings. The van der Waals surface area contributed by atoms with Crippen molar-refractivity contribution in [2.45, 2.75) is 50.6 Å². The molecule has 116 valence electrons. The van der Waals surface area contributed by atoms with Gasteiger partial charge < -0.3 is 20.9 Å². The first-order valence-electron chi connectivity index (χ1n) is 8.13. The molecule has 3 N–H and O–H groups in total. The molecule has 1 unspecified atom stereocenters. The SMILES string of the molecule is CNC(CCN1CCC(N2CCCCC2)CC1)C(N)=O. The normalized spacial score (nSPS) is 24.6. The van der Waals surface area contributed by atoms with E-state index in [4.69, 9.17) is 5.73 Å². The summed E-state index contributed by atoms with van der Waals surface area (Å²) in [6, 6.07) is 0.609. The lowest BCUT2D eigenvalue weighted by atomic mass is 9.99. The van der Waals surface area contributed by atoms with Crippen molar-refractivity contribution in [2.75, 3.05) is 39.8 Å². The number of amides is 1. The molecular formula is C15H30N4O. The molecule has 1 atom stereocenters. The van der Waals surface area contributed by atoms with E-state index in [0.29, 0.717) is 0 Å². The van der Waals surface area contributed by atoms with Gasteiger partial charge in [0.05, 0.1) is 6.04 Å². The van der Waals surface area contributed by atoms with E-state index in [1.807, 2.05) is 0 Å². The van der Waals surface area contributed by atoms with Crippen LogP contribution in [0.25, 0.3) is 0 Å². The highest BCUT2D eigenvalue weighted by Gasteiger charge is 2.25. The first-order chi connectivity index (χ1) is 9.70. The van der Waals surface area contributed by atoms with Crippen LogP contribution < -0.4 is 11.1 Å². The van der Waals surface area contributed by atoms with Crippen LogP contribution in [-0.4, -0.2) is 67.6 Å². The van der Waals surface area contributed by atoms with E-state index in [1.54, 1.807) is 7.05 Å². The summed E-state index contributed by atoms with van der Waals surface area (Å²) in [7, 11) is 1.80. The Morgan fingerprint density at radius 1 is 1.20 bits per heavy atom. The number of nitrogens with zero attached hydrogens (tertiary/aromatic N) is 2. The first kappa shape index (κ1) is 15.7. The standard InChI is InChI=1S/C15H30N4O/c1-17-14(15(16)20)7-12-18-10-5-13(6-11-18)19-8-3-2-4-9-19/h13-14,17H,2-12H2,1H3,(H2,16,20). The molecule has 2 aliphatic heterocycles. The lowest BCUT2D eigenvalue weighted by Gasteiger charge is -2.40. The van der Waals surface area contributed by atoms with Gasteiger partial charge in [-0.25, -0.2) is 0 Å². The molecule has 0 aromatic rings. The third-order valence-corrected chi connectivity index (χ3v) is 4.89. The Labute approximate surface area is 122 Å². The number of likely N-dealkylation sites (tertiary alicyclic amines) is 2. The van der Waals surface area contributed by atoms with E-state index < -0.39 is 0 Å². The van der Waals surface area contributed by atoms with E-state index in [9.17, 15) is 4.79 Å². The predicted octanol–water partition coefficient (Wildman–Crippen LogP) is 0.400. The molecule has 0 aromatic carbocycles. The number of rotatable bonds is 6. The van der Waals surface area contributed by atoms with Crippen molar-refractivity contribution in [3.8, 4) is 0 Å². The minimum atomic E-state index is -0.240. The van der Waals surface area contributed by atoms with E-state index in [0.717, 1.165) is 32.1 Å². The number of nitrogens with one attached hydrogen (secondary N) is 1. The Hall–Kier alpha value is -0.650. The van der Waals surface area contributed by atoms with Gasteiger partial charge in [0.25, 0.3) is 0 Å². The average molecular weight is 282 g/mol. The largest absolute Gasteiger partial charge is 0.368 e. The summed E-state index contributed by atoms with van der Waals surface area (Å²) in [6.07, 6.45) is 7.54. The number of hydrogen-bond acceptors (Lipinski definition) is 4. The van der Waals surface area contributed by atoms with Crippen LogP contribution in [0.2, 0.25) is 0 Å². The Kier molecular flexibility index (Phi) is 6.26. The average Bonchev–Trinajstić information content (AvgIpc) is 2.49. The Morgan fingerprint density at radius 3 is 2.40 bits per heavy atom. The molecule has 1 amide bonds. The molecule has 0 aliphatic carbocycles. The lowest BCUT2D eigenvalue weighted by molar-refractivity contribution is -0.120. The molecular weight excluding hydrogens is 252 g/mol. The highest BCUT2D eigenvalue weighted by atomic mass is 16.1. The molecule has 0 aromatic heterocycles. The monoisotopic (exact) mass is 282 g/mol. The predicted molar refractivity (Wildman–Crippen MR) is 81.5 cm³/mol. The molecule has 2 rings (SSSR count). The molecule has 0 spiro atoms. The van der Waals surface area contributed by atoms with Crippen LogP contribution in [0.3, 0.4) is 0 Å². The van der Waals surface area contributed by atoms with Gasteiger partial charge in [0.1, 0.15) is 0 Å². The van der Waals surface area contributed by atoms with Crippen molar-refractivity contribution in [2.24, 2.45) is 5.73 Å². The van der Waals surface area contributed by atoms with Crippen molar-refractivity contribution < 1.29 is 4.79 Å². The van der Waals surface area contributed by atoms with Gasteiger partial charge in [-0.05, 0) is 65.3 Å². The van der Waals surface area contributed by atoms with Gasteiger partial charge >= 0.3 is 0 Å². The van der Waals surface area contributed by atoms with Gasteiger partial charge in [-0.2, -0.15) is 0 Å². The van der Waals surface area contributed by atoms with E-state index >= 15 is 0 Å². The smallest absolute Gasteiger partial charge is 0.234 e. The van der Waals surface area contributed by atoms with Crippen molar-refractivity contribution in [1.82, 2.24) is 15.1 Å². The molecule has 0 radical (unpaired) electrons. The summed E-state index contributed by atoms with van der Waals surface area (Å²) < 4.78 is 0. The minimum Gasteiger partial charge on any atom is -0.368 e. The summed E-state index contributed by atoms with van der Waals surface area (Å²) >= 11 is 0. The highest BCUT2D eigenvalue weighted by Crippen LogP contribution is 2.20. The van der Waals surface area contributed by atoms with Crippen LogP contribution in [0.5, 0.6) is 0 Å². The molecule has 2 saturated heterocycles. The minimum absolute atomic E-state index is 0.185. The molecule has 5 nitrogen and oxygen atoms in total. The summed E-state index contributed by atoms with van der Waals surface area (Å²) in [5, 5.41) is 2.99. The van der Waals surface area contributed by atoms with Gasteiger partial charge in [-0.3, -0.25) is 4.79 Å². The second-order valence-electron chi connectivity index (χ2n) is 6.20. The van der Waals surface area contributed by atoms with Crippen LogP contribution >= 0.6 is 0 Å². The maximum atomic E-state index is 11.2. The number of carbonyl (C=O) groups excluding carboxylic acids is 1. The summed E-state index contributed by atoms with van der Waals surface area (Å²) in [6.45, 7) is 5.90. The zero-order valence-corrected chi connectivity index (χ0v) is 12.8.